The topological polar surface area (TPSA) is 55.0 Å². The Morgan fingerprint density at radius 3 is 2.61 bits per heavy atom. The van der Waals surface area contributed by atoms with E-state index in [9.17, 15) is 9.18 Å². The van der Waals surface area contributed by atoms with Gasteiger partial charge in [-0.3, -0.25) is 0 Å². The summed E-state index contributed by atoms with van der Waals surface area (Å²) in [4.78, 5) is 18.6. The average molecular weight is 250 g/mol. The highest BCUT2D eigenvalue weighted by Gasteiger charge is 2.21. The number of aromatic amines is 1. The van der Waals surface area contributed by atoms with Gasteiger partial charge in [0.05, 0.1) is 5.52 Å². The van der Waals surface area contributed by atoms with E-state index in [4.69, 9.17) is 4.74 Å². The van der Waals surface area contributed by atoms with Crippen molar-refractivity contribution in [2.75, 3.05) is 0 Å². The van der Waals surface area contributed by atoms with Crippen molar-refractivity contribution in [1.29, 1.82) is 0 Å². The van der Waals surface area contributed by atoms with Crippen LogP contribution in [-0.4, -0.2) is 21.5 Å². The van der Waals surface area contributed by atoms with Crippen LogP contribution in [0.1, 0.15) is 37.0 Å². The molecule has 4 nitrogen and oxygen atoms in total. The molecule has 1 aromatic heterocycles. The van der Waals surface area contributed by atoms with Gasteiger partial charge >= 0.3 is 5.97 Å². The van der Waals surface area contributed by atoms with E-state index in [1.807, 2.05) is 6.92 Å². The van der Waals surface area contributed by atoms with Gasteiger partial charge in [-0.05, 0) is 39.3 Å². The number of benzene rings is 1. The molecular formula is C13H15FN2O2. The van der Waals surface area contributed by atoms with Crippen LogP contribution in [0.3, 0.4) is 0 Å². The second-order valence-electron chi connectivity index (χ2n) is 5.18. The number of carbonyl (C=O) groups excluding carboxylic acids is 1. The van der Waals surface area contributed by atoms with E-state index in [1.54, 1.807) is 26.8 Å². The predicted octanol–water partition coefficient (Wildman–Crippen LogP) is 2.97. The highest BCUT2D eigenvalue weighted by atomic mass is 19.1. The first-order valence-electron chi connectivity index (χ1n) is 5.66. The number of ether oxygens (including phenoxy) is 1. The molecule has 0 spiro atoms. The highest BCUT2D eigenvalue weighted by molar-refractivity contribution is 5.91. The number of rotatable bonds is 1. The lowest BCUT2D eigenvalue weighted by Gasteiger charge is -2.18. The lowest BCUT2D eigenvalue weighted by Crippen LogP contribution is -2.24. The largest absolute Gasteiger partial charge is 0.454 e. The Kier molecular flexibility index (Phi) is 2.84. The lowest BCUT2D eigenvalue weighted by molar-refractivity contribution is 0.00572. The SMILES string of the molecule is Cc1ccc(F)c2[nH]c(C(=O)OC(C)(C)C)nc12. The monoisotopic (exact) mass is 250 g/mol. The number of nitrogens with one attached hydrogen (secondary N) is 1. The third-order valence-corrected chi connectivity index (χ3v) is 2.39. The summed E-state index contributed by atoms with van der Waals surface area (Å²) in [6.45, 7) is 7.10. The number of esters is 1. The van der Waals surface area contributed by atoms with Crippen LogP contribution in [0.4, 0.5) is 4.39 Å². The van der Waals surface area contributed by atoms with Gasteiger partial charge in [0.25, 0.3) is 0 Å². The fourth-order valence-corrected chi connectivity index (χ4v) is 1.61. The lowest BCUT2D eigenvalue weighted by atomic mass is 10.2. The summed E-state index contributed by atoms with van der Waals surface area (Å²) in [5, 5.41) is 0. The molecule has 0 amide bonds. The van der Waals surface area contributed by atoms with Gasteiger partial charge in [0.1, 0.15) is 16.9 Å². The Labute approximate surface area is 104 Å². The predicted molar refractivity (Wildman–Crippen MR) is 66.0 cm³/mol. The zero-order valence-electron chi connectivity index (χ0n) is 10.8. The third kappa shape index (κ3) is 2.34. The number of aryl methyl sites for hydroxylation is 1. The van der Waals surface area contributed by atoms with Crippen LogP contribution in [0.15, 0.2) is 12.1 Å². The number of aromatic nitrogens is 2. The Morgan fingerprint density at radius 2 is 2.06 bits per heavy atom. The van der Waals surface area contributed by atoms with Crippen molar-refractivity contribution in [3.63, 3.8) is 0 Å². The minimum atomic E-state index is -0.607. The standard InChI is InChI=1S/C13H15FN2O2/c1-7-5-6-8(14)10-9(7)15-11(16-10)12(17)18-13(2,3)4/h5-6H,1-4H3,(H,15,16). The fourth-order valence-electron chi connectivity index (χ4n) is 1.61. The van der Waals surface area contributed by atoms with Crippen LogP contribution in [0.2, 0.25) is 0 Å². The number of carbonyl (C=O) groups is 1. The second kappa shape index (κ2) is 4.08. The Bertz CT molecular complexity index is 572. The van der Waals surface area contributed by atoms with Gasteiger partial charge in [0.15, 0.2) is 0 Å². The maximum absolute atomic E-state index is 13.6. The first-order valence-corrected chi connectivity index (χ1v) is 5.66. The summed E-state index contributed by atoms with van der Waals surface area (Å²) in [6, 6.07) is 2.96. The third-order valence-electron chi connectivity index (χ3n) is 2.39. The van der Waals surface area contributed by atoms with Crippen molar-refractivity contribution < 1.29 is 13.9 Å². The molecule has 2 aromatic rings. The fraction of sp³-hybridized carbons (Fsp3) is 0.385. The first-order chi connectivity index (χ1) is 8.28. The highest BCUT2D eigenvalue weighted by Crippen LogP contribution is 2.20. The molecule has 0 atom stereocenters. The molecule has 96 valence electrons. The maximum Gasteiger partial charge on any atom is 0.374 e. The molecule has 0 bridgehead atoms. The zero-order chi connectivity index (χ0) is 13.5. The Morgan fingerprint density at radius 1 is 1.39 bits per heavy atom. The Balaban J connectivity index is 2.45. The van der Waals surface area contributed by atoms with Gasteiger partial charge in [-0.15, -0.1) is 0 Å². The summed E-state index contributed by atoms with van der Waals surface area (Å²) in [5.41, 5.74) is 0.882. The van der Waals surface area contributed by atoms with Gasteiger partial charge in [-0.1, -0.05) is 6.07 Å². The average Bonchev–Trinajstić information content (AvgIpc) is 2.67. The molecule has 0 aliphatic carbocycles. The van der Waals surface area contributed by atoms with Crippen molar-refractivity contribution in [2.45, 2.75) is 33.3 Å². The van der Waals surface area contributed by atoms with Crippen molar-refractivity contribution in [1.82, 2.24) is 9.97 Å². The number of halogens is 1. The zero-order valence-corrected chi connectivity index (χ0v) is 10.8. The van der Waals surface area contributed by atoms with Crippen LogP contribution in [-0.2, 0) is 4.74 Å². The van der Waals surface area contributed by atoms with E-state index >= 15 is 0 Å². The van der Waals surface area contributed by atoms with Gasteiger partial charge in [-0.25, -0.2) is 14.2 Å². The smallest absolute Gasteiger partial charge is 0.374 e. The molecule has 0 saturated heterocycles. The number of H-pyrrole nitrogens is 1. The van der Waals surface area contributed by atoms with Crippen LogP contribution in [0.25, 0.3) is 11.0 Å². The molecule has 0 fully saturated rings. The first kappa shape index (κ1) is 12.5. The van der Waals surface area contributed by atoms with E-state index in [1.165, 1.54) is 6.07 Å². The molecule has 0 aliphatic heterocycles. The van der Waals surface area contributed by atoms with Gasteiger partial charge in [0, 0.05) is 0 Å². The molecule has 0 saturated carbocycles. The molecule has 2 rings (SSSR count). The van der Waals surface area contributed by atoms with Gasteiger partial charge in [0.2, 0.25) is 5.82 Å². The number of hydrogen-bond donors (Lipinski definition) is 1. The number of hydrogen-bond acceptors (Lipinski definition) is 3. The molecule has 0 radical (unpaired) electrons. The second-order valence-corrected chi connectivity index (χ2v) is 5.18. The number of fused-ring (bicyclic) bond motifs is 1. The maximum atomic E-state index is 13.6. The van der Waals surface area contributed by atoms with Gasteiger partial charge in [-0.2, -0.15) is 0 Å². The van der Waals surface area contributed by atoms with Crippen molar-refractivity contribution in [3.8, 4) is 0 Å². The van der Waals surface area contributed by atoms with E-state index in [-0.39, 0.29) is 11.3 Å². The number of imidazole rings is 1. The number of nitrogens with zero attached hydrogens (tertiary/aromatic N) is 1. The minimum Gasteiger partial charge on any atom is -0.454 e. The summed E-state index contributed by atoms with van der Waals surface area (Å²) in [5.74, 6) is -0.997. The van der Waals surface area contributed by atoms with Crippen LogP contribution in [0, 0.1) is 12.7 Å². The van der Waals surface area contributed by atoms with E-state index < -0.39 is 17.4 Å². The van der Waals surface area contributed by atoms with E-state index in [0.29, 0.717) is 5.52 Å². The van der Waals surface area contributed by atoms with E-state index in [0.717, 1.165) is 5.56 Å². The summed E-state index contributed by atoms with van der Waals surface area (Å²) < 4.78 is 18.7. The molecule has 1 N–H and O–H groups in total. The molecule has 18 heavy (non-hydrogen) atoms. The van der Waals surface area contributed by atoms with Crippen LogP contribution >= 0.6 is 0 Å². The van der Waals surface area contributed by atoms with Crippen molar-refractivity contribution >= 4 is 17.0 Å². The molecular weight excluding hydrogens is 235 g/mol. The van der Waals surface area contributed by atoms with Crippen LogP contribution in [0.5, 0.6) is 0 Å². The van der Waals surface area contributed by atoms with Gasteiger partial charge < -0.3 is 9.72 Å². The molecule has 5 heteroatoms. The molecule has 1 aromatic carbocycles. The summed E-state index contributed by atoms with van der Waals surface area (Å²) >= 11 is 0. The molecule has 0 aliphatic rings. The van der Waals surface area contributed by atoms with E-state index in [2.05, 4.69) is 9.97 Å². The molecule has 0 unspecified atom stereocenters. The summed E-state index contributed by atoms with van der Waals surface area (Å²) in [6.07, 6.45) is 0. The normalized spacial score (nSPS) is 11.8. The van der Waals surface area contributed by atoms with Crippen molar-refractivity contribution in [3.05, 3.63) is 29.3 Å². The summed E-state index contributed by atoms with van der Waals surface area (Å²) in [7, 11) is 0. The minimum absolute atomic E-state index is 0.0214. The van der Waals surface area contributed by atoms with Crippen LogP contribution < -0.4 is 0 Å². The quantitative estimate of drug-likeness (QED) is 0.791. The Hall–Kier alpha value is -1.91. The van der Waals surface area contributed by atoms with Crippen molar-refractivity contribution in [2.24, 2.45) is 0 Å². The molecule has 1 heterocycles.